The van der Waals surface area contributed by atoms with E-state index in [1.165, 1.54) is 31.4 Å². The number of benzene rings is 2. The summed E-state index contributed by atoms with van der Waals surface area (Å²) < 4.78 is 37.9. The lowest BCUT2D eigenvalue weighted by molar-refractivity contribution is -0.138. The first-order chi connectivity index (χ1) is 19.8. The van der Waals surface area contributed by atoms with Crippen LogP contribution in [0.3, 0.4) is 0 Å². The molecule has 4 rings (SSSR count). The van der Waals surface area contributed by atoms with Crippen molar-refractivity contribution >= 4 is 5.91 Å². The molecule has 0 radical (unpaired) electrons. The number of carbonyl (C=O) groups is 1. The summed E-state index contributed by atoms with van der Waals surface area (Å²) in [7, 11) is 3.08. The van der Waals surface area contributed by atoms with E-state index in [9.17, 15) is 14.3 Å². The summed E-state index contributed by atoms with van der Waals surface area (Å²) in [6.07, 6.45) is 4.55. The number of amides is 1. The van der Waals surface area contributed by atoms with Crippen molar-refractivity contribution in [3.05, 3.63) is 72.1 Å². The highest BCUT2D eigenvalue weighted by molar-refractivity contribution is 5.77. The number of hydrogen-bond acceptors (Lipinski definition) is 8. The SMILES string of the molecule is COCC(=O)N1CCN(Cc2ccc(OC)c(OCCCn3ccnc3C)c2)CC(O)(COc2ccc(F)cc2)C1. The summed E-state index contributed by atoms with van der Waals surface area (Å²) in [6, 6.07) is 11.4. The van der Waals surface area contributed by atoms with Gasteiger partial charge in [-0.2, -0.15) is 0 Å². The van der Waals surface area contributed by atoms with Gasteiger partial charge in [0.15, 0.2) is 11.5 Å². The monoisotopic (exact) mass is 570 g/mol. The Morgan fingerprint density at radius 3 is 2.59 bits per heavy atom. The molecule has 0 saturated carbocycles. The third kappa shape index (κ3) is 8.66. The minimum absolute atomic E-state index is 0.0702. The van der Waals surface area contributed by atoms with Crippen molar-refractivity contribution in [3.8, 4) is 17.2 Å². The first kappa shape index (κ1) is 30.3. The number of imidazole rings is 1. The third-order valence-electron chi connectivity index (χ3n) is 6.99. The Hall–Kier alpha value is -3.67. The predicted molar refractivity (Wildman–Crippen MR) is 151 cm³/mol. The molecule has 41 heavy (non-hydrogen) atoms. The van der Waals surface area contributed by atoms with Gasteiger partial charge >= 0.3 is 0 Å². The maximum atomic E-state index is 13.3. The zero-order valence-electron chi connectivity index (χ0n) is 23.9. The predicted octanol–water partition coefficient (Wildman–Crippen LogP) is 2.91. The molecule has 222 valence electrons. The Balaban J connectivity index is 1.43. The van der Waals surface area contributed by atoms with Crippen molar-refractivity contribution in [2.75, 3.05) is 60.2 Å². The van der Waals surface area contributed by atoms with Crippen molar-refractivity contribution in [1.29, 1.82) is 0 Å². The lowest BCUT2D eigenvalue weighted by Gasteiger charge is -2.33. The van der Waals surface area contributed by atoms with Crippen LogP contribution in [0.4, 0.5) is 4.39 Å². The average molecular weight is 571 g/mol. The number of methoxy groups -OCH3 is 2. The standard InChI is InChI=1S/C30H39FN4O6/c1-23-32-11-13-34(23)12-4-16-40-28-17-24(5-10-27(28)39-3)18-33-14-15-35(29(36)19-38-2)21-30(37,20-33)22-41-26-8-6-25(31)7-9-26/h5-11,13,17,37H,4,12,14-16,18-22H2,1-3H3. The summed E-state index contributed by atoms with van der Waals surface area (Å²) in [5.74, 6) is 2.11. The number of carbonyl (C=O) groups excluding carboxylic acids is 1. The van der Waals surface area contributed by atoms with E-state index in [-0.39, 0.29) is 38.0 Å². The molecule has 0 spiro atoms. The average Bonchev–Trinajstić information content (AvgIpc) is 3.29. The van der Waals surface area contributed by atoms with Crippen LogP contribution < -0.4 is 14.2 Å². The van der Waals surface area contributed by atoms with Crippen LogP contribution in [0, 0.1) is 12.7 Å². The molecule has 1 aromatic heterocycles. The van der Waals surface area contributed by atoms with Crippen LogP contribution in [-0.4, -0.2) is 96.2 Å². The molecule has 11 heteroatoms. The highest BCUT2D eigenvalue weighted by Crippen LogP contribution is 2.29. The number of rotatable bonds is 13. The summed E-state index contributed by atoms with van der Waals surface area (Å²) >= 11 is 0. The molecule has 10 nitrogen and oxygen atoms in total. The molecule has 1 fully saturated rings. The lowest BCUT2D eigenvalue weighted by Crippen LogP contribution is -2.52. The first-order valence-electron chi connectivity index (χ1n) is 13.7. The van der Waals surface area contributed by atoms with Gasteiger partial charge in [0.2, 0.25) is 5.91 Å². The van der Waals surface area contributed by atoms with Crippen molar-refractivity contribution in [1.82, 2.24) is 19.4 Å². The summed E-state index contributed by atoms with van der Waals surface area (Å²) in [5.41, 5.74) is -0.393. The fraction of sp³-hybridized carbons (Fsp3) is 0.467. The Morgan fingerprint density at radius 1 is 1.07 bits per heavy atom. The van der Waals surface area contributed by atoms with Gasteiger partial charge in [0, 0.05) is 52.2 Å². The van der Waals surface area contributed by atoms with Crippen LogP contribution in [0.1, 0.15) is 17.8 Å². The number of nitrogens with zero attached hydrogens (tertiary/aromatic N) is 4. The minimum Gasteiger partial charge on any atom is -0.493 e. The van der Waals surface area contributed by atoms with E-state index in [0.29, 0.717) is 43.5 Å². The molecule has 2 aromatic carbocycles. The Morgan fingerprint density at radius 2 is 1.88 bits per heavy atom. The van der Waals surface area contributed by atoms with E-state index in [0.717, 1.165) is 24.4 Å². The molecule has 1 aliphatic heterocycles. The van der Waals surface area contributed by atoms with Crippen molar-refractivity contribution < 1.29 is 33.2 Å². The highest BCUT2D eigenvalue weighted by atomic mass is 19.1. The van der Waals surface area contributed by atoms with Crippen LogP contribution in [0.2, 0.25) is 0 Å². The maximum absolute atomic E-state index is 13.3. The van der Waals surface area contributed by atoms with Gasteiger partial charge in [-0.05, 0) is 55.3 Å². The topological polar surface area (TPSA) is 98.5 Å². The molecule has 1 N–H and O–H groups in total. The fourth-order valence-corrected chi connectivity index (χ4v) is 4.89. The minimum atomic E-state index is -1.37. The molecule has 2 heterocycles. The van der Waals surface area contributed by atoms with Crippen LogP contribution in [0.15, 0.2) is 54.9 Å². The number of aliphatic hydroxyl groups is 1. The number of hydrogen-bond donors (Lipinski definition) is 1. The second-order valence-corrected chi connectivity index (χ2v) is 10.3. The van der Waals surface area contributed by atoms with E-state index < -0.39 is 5.60 Å². The van der Waals surface area contributed by atoms with Crippen LogP contribution in [-0.2, 0) is 22.6 Å². The summed E-state index contributed by atoms with van der Waals surface area (Å²) in [4.78, 5) is 20.6. The molecule has 0 bridgehead atoms. The van der Waals surface area contributed by atoms with Crippen molar-refractivity contribution in [2.24, 2.45) is 0 Å². The van der Waals surface area contributed by atoms with E-state index in [2.05, 4.69) is 14.5 Å². The normalized spacial score (nSPS) is 17.7. The van der Waals surface area contributed by atoms with Gasteiger partial charge in [0.05, 0.1) is 20.3 Å². The van der Waals surface area contributed by atoms with Gasteiger partial charge < -0.3 is 33.5 Å². The Labute approximate surface area is 240 Å². The van der Waals surface area contributed by atoms with Crippen molar-refractivity contribution in [3.63, 3.8) is 0 Å². The first-order valence-corrected chi connectivity index (χ1v) is 13.7. The maximum Gasteiger partial charge on any atom is 0.248 e. The van der Waals surface area contributed by atoms with Crippen LogP contribution >= 0.6 is 0 Å². The molecule has 1 saturated heterocycles. The van der Waals surface area contributed by atoms with Gasteiger partial charge in [-0.1, -0.05) is 6.07 Å². The quantitative estimate of drug-likeness (QED) is 0.314. The third-order valence-corrected chi connectivity index (χ3v) is 6.99. The number of ether oxygens (including phenoxy) is 4. The lowest BCUT2D eigenvalue weighted by atomic mass is 10.0. The molecule has 1 aliphatic rings. The Kier molecular flexibility index (Phi) is 10.6. The molecule has 0 aliphatic carbocycles. The van der Waals surface area contributed by atoms with Gasteiger partial charge in [-0.3, -0.25) is 9.69 Å². The van der Waals surface area contributed by atoms with Gasteiger partial charge in [-0.25, -0.2) is 9.37 Å². The molecular weight excluding hydrogens is 531 g/mol. The second kappa shape index (κ2) is 14.3. The van der Waals surface area contributed by atoms with Gasteiger partial charge in [0.1, 0.15) is 36.2 Å². The second-order valence-electron chi connectivity index (χ2n) is 10.3. The zero-order valence-corrected chi connectivity index (χ0v) is 23.9. The summed E-state index contributed by atoms with van der Waals surface area (Å²) in [5, 5.41) is 11.7. The van der Waals surface area contributed by atoms with E-state index in [1.54, 1.807) is 18.2 Å². The largest absolute Gasteiger partial charge is 0.493 e. The fourth-order valence-electron chi connectivity index (χ4n) is 4.89. The number of aromatic nitrogens is 2. The van der Waals surface area contributed by atoms with E-state index >= 15 is 0 Å². The number of aryl methyl sites for hydroxylation is 2. The number of β-amino-alcohol motifs (C(OH)–C–C–N with tert-alkyl or cyclic N) is 1. The van der Waals surface area contributed by atoms with Gasteiger partial charge in [0.25, 0.3) is 0 Å². The van der Waals surface area contributed by atoms with Crippen molar-refractivity contribution in [2.45, 2.75) is 32.0 Å². The van der Waals surface area contributed by atoms with Gasteiger partial charge in [-0.15, -0.1) is 0 Å². The smallest absolute Gasteiger partial charge is 0.248 e. The molecule has 1 amide bonds. The van der Waals surface area contributed by atoms with Crippen LogP contribution in [0.25, 0.3) is 0 Å². The summed E-state index contributed by atoms with van der Waals surface area (Å²) in [6.45, 7) is 4.97. The zero-order chi connectivity index (χ0) is 29.2. The van der Waals surface area contributed by atoms with E-state index in [1.807, 2.05) is 31.3 Å². The number of halogens is 1. The molecule has 3 aromatic rings. The molecule has 1 unspecified atom stereocenters. The Bertz CT molecular complexity index is 1270. The van der Waals surface area contributed by atoms with Crippen LogP contribution in [0.5, 0.6) is 17.2 Å². The van der Waals surface area contributed by atoms with E-state index in [4.69, 9.17) is 18.9 Å². The molecule has 1 atom stereocenters. The highest BCUT2D eigenvalue weighted by Gasteiger charge is 2.37. The molecular formula is C30H39FN4O6.